The maximum atomic E-state index is 13.0. The van der Waals surface area contributed by atoms with E-state index in [2.05, 4.69) is 92.1 Å². The third kappa shape index (κ3) is 57.6. The molecule has 0 aromatic heterocycles. The Labute approximate surface area is 459 Å². The Bertz CT molecular complexity index is 1430. The van der Waals surface area contributed by atoms with Crippen molar-refractivity contribution in [2.75, 3.05) is 40.9 Å². The minimum atomic E-state index is -4.57. The van der Waals surface area contributed by atoms with Gasteiger partial charge in [0.25, 0.3) is 7.82 Å². The third-order valence-electron chi connectivity index (χ3n) is 14.0. The van der Waals surface area contributed by atoms with Crippen LogP contribution in [0.25, 0.3) is 0 Å². The van der Waals surface area contributed by atoms with E-state index in [1.807, 2.05) is 21.1 Å². The quantitative estimate of drug-likeness (QED) is 0.0272. The highest BCUT2D eigenvalue weighted by molar-refractivity contribution is 7.45. The van der Waals surface area contributed by atoms with E-state index in [0.29, 0.717) is 23.9 Å². The van der Waals surface area contributed by atoms with E-state index in [-0.39, 0.29) is 19.1 Å². The van der Waals surface area contributed by atoms with Crippen LogP contribution >= 0.6 is 7.82 Å². The Balaban J connectivity index is 3.84. The van der Waals surface area contributed by atoms with Crippen LogP contribution in [-0.2, 0) is 18.4 Å². The molecule has 0 bridgehead atoms. The van der Waals surface area contributed by atoms with Crippen molar-refractivity contribution in [3.8, 4) is 0 Å². The van der Waals surface area contributed by atoms with E-state index < -0.39 is 20.0 Å². The van der Waals surface area contributed by atoms with Crippen LogP contribution in [0.4, 0.5) is 0 Å². The van der Waals surface area contributed by atoms with Gasteiger partial charge in [0.05, 0.1) is 39.9 Å². The number of quaternary nitrogens is 1. The maximum Gasteiger partial charge on any atom is 0.268 e. The van der Waals surface area contributed by atoms with Crippen LogP contribution in [0.3, 0.4) is 0 Å². The molecule has 0 aliphatic rings. The van der Waals surface area contributed by atoms with E-state index in [9.17, 15) is 19.4 Å². The van der Waals surface area contributed by atoms with Gasteiger partial charge in [0.2, 0.25) is 5.91 Å². The number of aliphatic hydroxyl groups is 1. The summed E-state index contributed by atoms with van der Waals surface area (Å²) in [5.74, 6) is -0.163. The van der Waals surface area contributed by atoms with E-state index in [4.69, 9.17) is 9.05 Å². The molecule has 8 nitrogen and oxygen atoms in total. The van der Waals surface area contributed by atoms with Crippen molar-refractivity contribution in [1.29, 1.82) is 0 Å². The zero-order chi connectivity index (χ0) is 54.2. The summed E-state index contributed by atoms with van der Waals surface area (Å²) in [6, 6.07) is -0.799. The average Bonchev–Trinajstić information content (AvgIpc) is 3.36. The van der Waals surface area contributed by atoms with E-state index in [1.54, 1.807) is 0 Å². The zero-order valence-corrected chi connectivity index (χ0v) is 50.2. The first kappa shape index (κ1) is 71.9. The molecule has 0 rings (SSSR count). The van der Waals surface area contributed by atoms with Crippen LogP contribution in [-0.4, -0.2) is 68.5 Å². The molecule has 0 heterocycles. The molecular weight excluding hydrogens is 936 g/mol. The molecule has 3 atom stereocenters. The van der Waals surface area contributed by atoms with Gasteiger partial charge < -0.3 is 28.8 Å². The number of likely N-dealkylation sites (N-methyl/N-ethyl adjacent to an activating group) is 1. The second-order valence-corrected chi connectivity index (χ2v) is 23.8. The van der Waals surface area contributed by atoms with Crippen LogP contribution in [0.1, 0.15) is 284 Å². The van der Waals surface area contributed by atoms with E-state index in [0.717, 1.165) is 77.0 Å². The number of hydrogen-bond acceptors (Lipinski definition) is 6. The van der Waals surface area contributed by atoms with Crippen molar-refractivity contribution in [1.82, 2.24) is 5.32 Å². The Morgan fingerprint density at radius 3 is 1.20 bits per heavy atom. The Hall–Kier alpha value is -2.06. The smallest absolute Gasteiger partial charge is 0.268 e. The number of aliphatic hydroxyl groups excluding tert-OH is 1. The second kappa shape index (κ2) is 55.7. The molecule has 0 aromatic carbocycles. The molecule has 9 heteroatoms. The summed E-state index contributed by atoms with van der Waals surface area (Å²) in [7, 11) is 1.31. The maximum absolute atomic E-state index is 13.0. The SMILES string of the molecule is CC/C=C\C/C=C\C/C=C\C/C=C\C/C=C\C/C=C\CCCCCCCCCCCCCCCCCCCCCCCCC(=O)NC(COP(=O)([O-])OCC[N+](C)(C)C)C(O)CCCCCCCCCCCCC. The summed E-state index contributed by atoms with van der Waals surface area (Å²) in [6.07, 6.45) is 76.9. The van der Waals surface area contributed by atoms with Gasteiger partial charge in [-0.2, -0.15) is 0 Å². The molecule has 432 valence electrons. The van der Waals surface area contributed by atoms with Crippen LogP contribution < -0.4 is 10.2 Å². The number of unbranched alkanes of at least 4 members (excludes halogenated alkanes) is 32. The fourth-order valence-electron chi connectivity index (χ4n) is 9.10. The largest absolute Gasteiger partial charge is 0.756 e. The summed E-state index contributed by atoms with van der Waals surface area (Å²) in [5.41, 5.74) is 0. The van der Waals surface area contributed by atoms with E-state index in [1.165, 1.54) is 180 Å². The van der Waals surface area contributed by atoms with Gasteiger partial charge in [-0.1, -0.05) is 286 Å². The second-order valence-electron chi connectivity index (χ2n) is 22.4. The molecule has 2 N–H and O–H groups in total. The van der Waals surface area contributed by atoms with Crippen molar-refractivity contribution in [3.63, 3.8) is 0 Å². The number of amides is 1. The molecule has 3 unspecified atom stereocenters. The molecule has 0 aromatic rings. The first-order chi connectivity index (χ1) is 36.0. The predicted molar refractivity (Wildman–Crippen MR) is 320 cm³/mol. The summed E-state index contributed by atoms with van der Waals surface area (Å²) in [4.78, 5) is 25.5. The van der Waals surface area contributed by atoms with Crippen molar-refractivity contribution in [3.05, 3.63) is 72.9 Å². The van der Waals surface area contributed by atoms with Crippen molar-refractivity contribution >= 4 is 13.7 Å². The lowest BCUT2D eigenvalue weighted by Gasteiger charge is -2.30. The number of hydrogen-bond donors (Lipinski definition) is 2. The van der Waals surface area contributed by atoms with Gasteiger partial charge in [-0.25, -0.2) is 0 Å². The minimum absolute atomic E-state index is 0.0125. The normalized spacial score (nSPS) is 14.3. The fraction of sp³-hybridized carbons (Fsp3) is 0.800. The topological polar surface area (TPSA) is 108 Å². The average molecular weight is 1060 g/mol. The van der Waals surface area contributed by atoms with Crippen LogP contribution in [0.2, 0.25) is 0 Å². The summed E-state index contributed by atoms with van der Waals surface area (Å²) >= 11 is 0. The van der Waals surface area contributed by atoms with E-state index >= 15 is 0 Å². The summed E-state index contributed by atoms with van der Waals surface area (Å²) in [6.45, 7) is 4.61. The first-order valence-electron chi connectivity index (χ1n) is 31.3. The molecule has 74 heavy (non-hydrogen) atoms. The number of nitrogens with zero attached hydrogens (tertiary/aromatic N) is 1. The van der Waals surface area contributed by atoms with Gasteiger partial charge in [0, 0.05) is 6.42 Å². The van der Waals surface area contributed by atoms with Crippen LogP contribution in [0, 0.1) is 0 Å². The Kier molecular flexibility index (Phi) is 54.1. The van der Waals surface area contributed by atoms with Gasteiger partial charge >= 0.3 is 0 Å². The highest BCUT2D eigenvalue weighted by Gasteiger charge is 2.24. The molecule has 0 aliphatic carbocycles. The summed E-state index contributed by atoms with van der Waals surface area (Å²) < 4.78 is 23.4. The van der Waals surface area contributed by atoms with Gasteiger partial charge in [-0.15, -0.1) is 0 Å². The minimum Gasteiger partial charge on any atom is -0.756 e. The highest BCUT2D eigenvalue weighted by Crippen LogP contribution is 2.38. The van der Waals surface area contributed by atoms with Crippen LogP contribution in [0.5, 0.6) is 0 Å². The number of carbonyl (C=O) groups excluding carboxylic acids is 1. The molecule has 0 radical (unpaired) electrons. The van der Waals surface area contributed by atoms with Gasteiger partial charge in [-0.05, 0) is 64.2 Å². The number of rotatable bonds is 57. The Morgan fingerprint density at radius 1 is 0.486 bits per heavy atom. The third-order valence-corrected chi connectivity index (χ3v) is 14.9. The highest BCUT2D eigenvalue weighted by atomic mass is 31.2. The van der Waals surface area contributed by atoms with Crippen molar-refractivity contribution in [2.45, 2.75) is 296 Å². The molecule has 0 saturated carbocycles. The number of carbonyl (C=O) groups is 1. The molecule has 1 amide bonds. The summed E-state index contributed by atoms with van der Waals surface area (Å²) in [5, 5.41) is 14.0. The van der Waals surface area contributed by atoms with Crippen molar-refractivity contribution < 1.29 is 32.9 Å². The number of allylic oxidation sites excluding steroid dienone is 12. The van der Waals surface area contributed by atoms with Crippen molar-refractivity contribution in [2.24, 2.45) is 0 Å². The lowest BCUT2D eigenvalue weighted by atomic mass is 10.0. The number of phosphoric ester groups is 1. The van der Waals surface area contributed by atoms with Gasteiger partial charge in [0.1, 0.15) is 13.2 Å². The first-order valence-corrected chi connectivity index (χ1v) is 32.7. The standard InChI is InChI=1S/C65H121N2O6P/c1-6-8-10-12-14-16-18-19-20-21-22-23-24-25-26-27-28-29-30-31-32-33-34-35-36-37-38-39-40-41-42-43-44-45-46-47-49-51-53-55-57-59-65(69)66-63(62-73-74(70,71)72-61-60-67(3,4)5)64(68)58-56-54-52-50-48-17-15-13-11-9-7-2/h8,10,14,16,19-20,22-23,25-26,28-29,63-64,68H,6-7,9,11-13,15,17-18,21,24,27,30-62H2,1-5H3,(H-,66,69,70,71)/b10-8-,16-14-,20-19-,23-22-,26-25-,29-28-. The predicted octanol–water partition coefficient (Wildman–Crippen LogP) is 18.8. The van der Waals surface area contributed by atoms with Gasteiger partial charge in [0.15, 0.2) is 0 Å². The number of nitrogens with one attached hydrogen (secondary N) is 1. The molecular formula is C65H121N2O6P. The molecule has 0 aliphatic heterocycles. The van der Waals surface area contributed by atoms with Crippen LogP contribution in [0.15, 0.2) is 72.9 Å². The van der Waals surface area contributed by atoms with Gasteiger partial charge in [-0.3, -0.25) is 9.36 Å². The molecule has 0 spiro atoms. The lowest BCUT2D eigenvalue weighted by Crippen LogP contribution is -2.46. The molecule has 0 saturated heterocycles. The number of phosphoric acid groups is 1. The zero-order valence-electron chi connectivity index (χ0n) is 49.3. The fourth-order valence-corrected chi connectivity index (χ4v) is 9.83. The monoisotopic (exact) mass is 1060 g/mol. The Morgan fingerprint density at radius 2 is 0.824 bits per heavy atom. The lowest BCUT2D eigenvalue weighted by molar-refractivity contribution is -0.870. The molecule has 0 fully saturated rings.